The van der Waals surface area contributed by atoms with Crippen molar-refractivity contribution < 1.29 is 19.4 Å². The number of amides is 1. The van der Waals surface area contributed by atoms with E-state index in [1.807, 2.05) is 30.3 Å². The predicted octanol–water partition coefficient (Wildman–Crippen LogP) is 2.00. The zero-order chi connectivity index (χ0) is 19.3. The number of piperidine rings is 1. The van der Waals surface area contributed by atoms with E-state index in [1.165, 1.54) is 0 Å². The summed E-state index contributed by atoms with van der Waals surface area (Å²) in [4.78, 5) is 18.9. The fourth-order valence-electron chi connectivity index (χ4n) is 3.46. The van der Waals surface area contributed by atoms with E-state index in [9.17, 15) is 9.90 Å². The fourth-order valence-corrected chi connectivity index (χ4v) is 3.46. The second-order valence-electron chi connectivity index (χ2n) is 7.17. The summed E-state index contributed by atoms with van der Waals surface area (Å²) in [5, 5.41) is 12.5. The Kier molecular flexibility index (Phi) is 5.62. The summed E-state index contributed by atoms with van der Waals surface area (Å²) in [6.07, 6.45) is 3.48. The summed E-state index contributed by atoms with van der Waals surface area (Å²) in [6.45, 7) is 2.55. The SMILES string of the molecule is O=C(NCC[C@H]1COc2ccccc2O1)c1ccc(N2CCC(O)CC2)nc1. The second kappa shape index (κ2) is 8.48. The second-order valence-corrected chi connectivity index (χ2v) is 7.17. The first kappa shape index (κ1) is 18.6. The van der Waals surface area contributed by atoms with Gasteiger partial charge in [-0.2, -0.15) is 0 Å². The summed E-state index contributed by atoms with van der Waals surface area (Å²) in [5.41, 5.74) is 0.534. The number of aliphatic hydroxyl groups excluding tert-OH is 1. The molecule has 1 atom stereocenters. The number of fused-ring (bicyclic) bond motifs is 1. The average molecular weight is 383 g/mol. The van der Waals surface area contributed by atoms with Crippen LogP contribution in [0.3, 0.4) is 0 Å². The van der Waals surface area contributed by atoms with Crippen LogP contribution in [-0.2, 0) is 0 Å². The molecule has 1 fully saturated rings. The van der Waals surface area contributed by atoms with Crippen LogP contribution in [0.5, 0.6) is 11.5 Å². The quantitative estimate of drug-likeness (QED) is 0.822. The number of anilines is 1. The van der Waals surface area contributed by atoms with Gasteiger partial charge in [0.15, 0.2) is 11.5 Å². The van der Waals surface area contributed by atoms with Gasteiger partial charge in [0.25, 0.3) is 5.91 Å². The first-order valence-corrected chi connectivity index (χ1v) is 9.75. The molecule has 0 radical (unpaired) electrons. The van der Waals surface area contributed by atoms with Crippen molar-refractivity contribution in [2.24, 2.45) is 0 Å². The van der Waals surface area contributed by atoms with Crippen molar-refractivity contribution in [1.29, 1.82) is 0 Å². The van der Waals surface area contributed by atoms with Gasteiger partial charge in [0, 0.05) is 32.3 Å². The molecule has 1 saturated heterocycles. The van der Waals surface area contributed by atoms with Gasteiger partial charge in [-0.1, -0.05) is 12.1 Å². The number of nitrogens with one attached hydrogen (secondary N) is 1. The monoisotopic (exact) mass is 383 g/mol. The summed E-state index contributed by atoms with van der Waals surface area (Å²) >= 11 is 0. The molecular formula is C21H25N3O4. The smallest absolute Gasteiger partial charge is 0.252 e. The normalized spacial score (nSPS) is 19.3. The molecule has 7 heteroatoms. The van der Waals surface area contributed by atoms with Crippen molar-refractivity contribution >= 4 is 11.7 Å². The lowest BCUT2D eigenvalue weighted by Gasteiger charge is -2.30. The molecule has 2 N–H and O–H groups in total. The van der Waals surface area contributed by atoms with E-state index in [-0.39, 0.29) is 18.1 Å². The minimum atomic E-state index is -0.215. The maximum absolute atomic E-state index is 12.3. The minimum Gasteiger partial charge on any atom is -0.486 e. The topological polar surface area (TPSA) is 83.9 Å². The van der Waals surface area contributed by atoms with Crippen LogP contribution in [0, 0.1) is 0 Å². The maximum Gasteiger partial charge on any atom is 0.252 e. The number of nitrogens with zero attached hydrogens (tertiary/aromatic N) is 2. The molecule has 2 aliphatic heterocycles. The van der Waals surface area contributed by atoms with Gasteiger partial charge < -0.3 is 24.8 Å². The number of hydrogen-bond acceptors (Lipinski definition) is 6. The lowest BCUT2D eigenvalue weighted by Crippen LogP contribution is -2.36. The number of benzene rings is 1. The van der Waals surface area contributed by atoms with E-state index in [0.717, 1.165) is 43.2 Å². The Bertz CT molecular complexity index is 804. The van der Waals surface area contributed by atoms with Gasteiger partial charge in [-0.3, -0.25) is 4.79 Å². The number of para-hydroxylation sites is 2. The zero-order valence-electron chi connectivity index (χ0n) is 15.7. The number of pyridine rings is 1. The Labute approximate surface area is 164 Å². The molecule has 0 bridgehead atoms. The molecular weight excluding hydrogens is 358 g/mol. The Hall–Kier alpha value is -2.80. The lowest BCUT2D eigenvalue weighted by atomic mass is 10.1. The van der Waals surface area contributed by atoms with E-state index in [2.05, 4.69) is 15.2 Å². The summed E-state index contributed by atoms with van der Waals surface area (Å²) in [7, 11) is 0. The average Bonchev–Trinajstić information content (AvgIpc) is 2.74. The van der Waals surface area contributed by atoms with Gasteiger partial charge in [0.05, 0.1) is 11.7 Å². The van der Waals surface area contributed by atoms with Crippen LogP contribution in [0.25, 0.3) is 0 Å². The number of rotatable bonds is 5. The Balaban J connectivity index is 1.24. The molecule has 3 heterocycles. The highest BCUT2D eigenvalue weighted by atomic mass is 16.6. The van der Waals surface area contributed by atoms with Crippen LogP contribution in [0.4, 0.5) is 5.82 Å². The largest absolute Gasteiger partial charge is 0.486 e. The van der Waals surface area contributed by atoms with Gasteiger partial charge in [-0.15, -0.1) is 0 Å². The molecule has 0 unspecified atom stereocenters. The third-order valence-corrected chi connectivity index (χ3v) is 5.12. The molecule has 0 aliphatic carbocycles. The van der Waals surface area contributed by atoms with Crippen molar-refractivity contribution in [2.45, 2.75) is 31.5 Å². The van der Waals surface area contributed by atoms with Crippen molar-refractivity contribution in [3.05, 3.63) is 48.2 Å². The van der Waals surface area contributed by atoms with Crippen LogP contribution in [-0.4, -0.2) is 54.4 Å². The molecule has 1 aromatic heterocycles. The van der Waals surface area contributed by atoms with Crippen molar-refractivity contribution in [3.8, 4) is 11.5 Å². The molecule has 1 aromatic carbocycles. The number of carbonyl (C=O) groups excluding carboxylic acids is 1. The highest BCUT2D eigenvalue weighted by molar-refractivity contribution is 5.94. The van der Waals surface area contributed by atoms with Crippen LogP contribution in [0.2, 0.25) is 0 Å². The first-order chi connectivity index (χ1) is 13.7. The van der Waals surface area contributed by atoms with Crippen LogP contribution in [0.1, 0.15) is 29.6 Å². The van der Waals surface area contributed by atoms with Gasteiger partial charge in [-0.25, -0.2) is 4.98 Å². The molecule has 7 nitrogen and oxygen atoms in total. The number of carbonyl (C=O) groups is 1. The standard InChI is InChI=1S/C21H25N3O4/c25-16-8-11-24(12-9-16)20-6-5-15(13-23-20)21(26)22-10-7-17-14-27-18-3-1-2-4-19(18)28-17/h1-6,13,16-17,25H,7-12,14H2,(H,22,26)/t17-/m0/s1. The Morgan fingerprint density at radius 3 is 2.71 bits per heavy atom. The van der Waals surface area contributed by atoms with Gasteiger partial charge >= 0.3 is 0 Å². The summed E-state index contributed by atoms with van der Waals surface area (Å²) in [5.74, 6) is 2.20. The lowest BCUT2D eigenvalue weighted by molar-refractivity contribution is 0.0812. The highest BCUT2D eigenvalue weighted by Gasteiger charge is 2.21. The molecule has 2 aliphatic rings. The molecule has 1 amide bonds. The van der Waals surface area contributed by atoms with Crippen LogP contribution in [0.15, 0.2) is 42.6 Å². The van der Waals surface area contributed by atoms with Gasteiger partial charge in [0.1, 0.15) is 18.5 Å². The molecule has 4 rings (SSSR count). The number of aromatic nitrogens is 1. The van der Waals surface area contributed by atoms with Gasteiger partial charge in [-0.05, 0) is 37.1 Å². The molecule has 28 heavy (non-hydrogen) atoms. The molecule has 2 aromatic rings. The minimum absolute atomic E-state index is 0.0786. The molecule has 148 valence electrons. The Morgan fingerprint density at radius 1 is 1.18 bits per heavy atom. The highest BCUT2D eigenvalue weighted by Crippen LogP contribution is 2.31. The van der Waals surface area contributed by atoms with Gasteiger partial charge in [0.2, 0.25) is 0 Å². The van der Waals surface area contributed by atoms with E-state index in [1.54, 1.807) is 12.3 Å². The van der Waals surface area contributed by atoms with Crippen molar-refractivity contribution in [3.63, 3.8) is 0 Å². The summed E-state index contributed by atoms with van der Waals surface area (Å²) in [6, 6.07) is 11.2. The molecule has 0 spiro atoms. The summed E-state index contributed by atoms with van der Waals surface area (Å²) < 4.78 is 11.6. The van der Waals surface area contributed by atoms with E-state index >= 15 is 0 Å². The van der Waals surface area contributed by atoms with Crippen molar-refractivity contribution in [1.82, 2.24) is 10.3 Å². The van der Waals surface area contributed by atoms with Crippen molar-refractivity contribution in [2.75, 3.05) is 31.1 Å². The predicted molar refractivity (Wildman–Crippen MR) is 105 cm³/mol. The van der Waals surface area contributed by atoms with Crippen LogP contribution >= 0.6 is 0 Å². The number of aliphatic hydroxyl groups is 1. The first-order valence-electron chi connectivity index (χ1n) is 9.75. The van der Waals surface area contributed by atoms with E-state index < -0.39 is 0 Å². The third-order valence-electron chi connectivity index (χ3n) is 5.12. The Morgan fingerprint density at radius 2 is 1.96 bits per heavy atom. The van der Waals surface area contributed by atoms with E-state index in [4.69, 9.17) is 9.47 Å². The third kappa shape index (κ3) is 4.36. The number of ether oxygens (including phenoxy) is 2. The van der Waals surface area contributed by atoms with E-state index in [0.29, 0.717) is 25.1 Å². The molecule has 0 saturated carbocycles. The fraction of sp³-hybridized carbons (Fsp3) is 0.429. The maximum atomic E-state index is 12.3. The van der Waals surface area contributed by atoms with Crippen LogP contribution < -0.4 is 19.7 Å². The zero-order valence-corrected chi connectivity index (χ0v) is 15.7. The number of hydrogen-bond donors (Lipinski definition) is 2.